The summed E-state index contributed by atoms with van der Waals surface area (Å²) >= 11 is 3.76. The Balaban J connectivity index is 1.70. The molecule has 3 saturated carbocycles. The number of hydrogen-bond acceptors (Lipinski definition) is 1. The van der Waals surface area contributed by atoms with E-state index in [1.165, 1.54) is 51.4 Å². The monoisotopic (exact) mass is 352 g/mol. The molecule has 0 aromatic carbocycles. The highest BCUT2D eigenvalue weighted by Crippen LogP contribution is 2.65. The summed E-state index contributed by atoms with van der Waals surface area (Å²) in [7, 11) is 0. The van der Waals surface area contributed by atoms with Crippen LogP contribution in [0.1, 0.15) is 65.2 Å². The van der Waals surface area contributed by atoms with Crippen molar-refractivity contribution in [2.45, 2.75) is 76.1 Å². The quantitative estimate of drug-likeness (QED) is 0.476. The summed E-state index contributed by atoms with van der Waals surface area (Å²) in [6.45, 7) is 4.93. The molecule has 4 aliphatic rings. The largest absolute Gasteiger partial charge is 0.391 e. The summed E-state index contributed by atoms with van der Waals surface area (Å²) in [6.07, 6.45) is 13.1. The second-order valence-corrected chi connectivity index (χ2v) is 9.88. The van der Waals surface area contributed by atoms with E-state index in [1.54, 1.807) is 5.57 Å². The minimum Gasteiger partial charge on any atom is -0.391 e. The van der Waals surface area contributed by atoms with Crippen molar-refractivity contribution in [2.24, 2.45) is 28.6 Å². The zero-order valence-corrected chi connectivity index (χ0v) is 15.0. The number of fused-ring (bicyclic) bond motifs is 5. The van der Waals surface area contributed by atoms with E-state index in [-0.39, 0.29) is 11.5 Å². The molecule has 0 heterocycles. The van der Waals surface area contributed by atoms with Crippen LogP contribution in [0.5, 0.6) is 0 Å². The fourth-order valence-electron chi connectivity index (χ4n) is 6.64. The molecule has 4 aliphatic carbocycles. The smallest absolute Gasteiger partial charge is 0.0721 e. The Morgan fingerprint density at radius 1 is 1.19 bits per heavy atom. The molecule has 0 saturated heterocycles. The highest BCUT2D eigenvalue weighted by molar-refractivity contribution is 9.09. The Hall–Kier alpha value is 0.180. The Kier molecular flexibility index (Phi) is 3.40. The van der Waals surface area contributed by atoms with Crippen LogP contribution in [0.2, 0.25) is 0 Å². The third-order valence-corrected chi connectivity index (χ3v) is 8.83. The summed E-state index contributed by atoms with van der Waals surface area (Å²) in [5.41, 5.74) is 2.43. The van der Waals surface area contributed by atoms with E-state index >= 15 is 0 Å². The van der Waals surface area contributed by atoms with Gasteiger partial charge in [-0.25, -0.2) is 0 Å². The van der Waals surface area contributed by atoms with Gasteiger partial charge in [0.2, 0.25) is 0 Å². The summed E-state index contributed by atoms with van der Waals surface area (Å²) in [5, 5.41) is 10.7. The number of halogens is 1. The van der Waals surface area contributed by atoms with Crippen molar-refractivity contribution in [3.05, 3.63) is 11.6 Å². The van der Waals surface area contributed by atoms with Gasteiger partial charge in [0.1, 0.15) is 0 Å². The number of allylic oxidation sites excluding steroid dienone is 2. The van der Waals surface area contributed by atoms with Gasteiger partial charge in [-0.15, -0.1) is 0 Å². The zero-order valence-electron chi connectivity index (χ0n) is 13.4. The van der Waals surface area contributed by atoms with E-state index in [9.17, 15) is 5.11 Å². The van der Waals surface area contributed by atoms with E-state index in [1.807, 2.05) is 0 Å². The lowest BCUT2D eigenvalue weighted by Gasteiger charge is -2.57. The third kappa shape index (κ3) is 1.90. The second-order valence-electron chi connectivity index (χ2n) is 8.71. The Morgan fingerprint density at radius 3 is 2.81 bits per heavy atom. The first-order valence-electron chi connectivity index (χ1n) is 8.98. The molecule has 0 bridgehead atoms. The van der Waals surface area contributed by atoms with Crippen LogP contribution in [0.4, 0.5) is 0 Å². The van der Waals surface area contributed by atoms with Crippen molar-refractivity contribution >= 4 is 15.9 Å². The lowest BCUT2D eigenvalue weighted by atomic mass is 9.48. The number of aliphatic hydroxyl groups is 1. The Labute approximate surface area is 137 Å². The highest BCUT2D eigenvalue weighted by Gasteiger charge is 2.60. The van der Waals surface area contributed by atoms with Crippen molar-refractivity contribution in [1.82, 2.24) is 0 Å². The fraction of sp³-hybridized carbons (Fsp3) is 0.895. The zero-order chi connectivity index (χ0) is 14.8. The summed E-state index contributed by atoms with van der Waals surface area (Å²) in [6, 6.07) is 0. The molecule has 0 aromatic rings. The predicted molar refractivity (Wildman–Crippen MR) is 90.4 cm³/mol. The van der Waals surface area contributed by atoms with Gasteiger partial charge in [0.25, 0.3) is 0 Å². The van der Waals surface area contributed by atoms with Crippen LogP contribution in [0.3, 0.4) is 0 Å². The van der Waals surface area contributed by atoms with Crippen molar-refractivity contribution in [3.63, 3.8) is 0 Å². The lowest BCUT2D eigenvalue weighted by molar-refractivity contribution is -0.0655. The molecule has 0 unspecified atom stereocenters. The minimum atomic E-state index is -0.145. The van der Waals surface area contributed by atoms with E-state index in [0.29, 0.717) is 16.2 Å². The molecule has 1 nitrogen and oxygen atoms in total. The summed E-state index contributed by atoms with van der Waals surface area (Å²) < 4.78 is 0. The van der Waals surface area contributed by atoms with E-state index in [0.717, 1.165) is 11.8 Å². The maximum atomic E-state index is 10.7. The molecule has 0 aromatic heterocycles. The van der Waals surface area contributed by atoms with Gasteiger partial charge >= 0.3 is 0 Å². The molecular weight excluding hydrogens is 324 g/mol. The van der Waals surface area contributed by atoms with Gasteiger partial charge in [-0.3, -0.25) is 0 Å². The molecule has 21 heavy (non-hydrogen) atoms. The van der Waals surface area contributed by atoms with Crippen LogP contribution in [0, 0.1) is 28.6 Å². The molecule has 3 fully saturated rings. The third-order valence-electron chi connectivity index (χ3n) is 7.95. The topological polar surface area (TPSA) is 20.2 Å². The molecule has 0 amide bonds. The number of rotatable bonds is 0. The van der Waals surface area contributed by atoms with Crippen LogP contribution in [0.25, 0.3) is 0 Å². The van der Waals surface area contributed by atoms with Gasteiger partial charge in [0.15, 0.2) is 0 Å². The van der Waals surface area contributed by atoms with Crippen molar-refractivity contribution in [2.75, 3.05) is 0 Å². The van der Waals surface area contributed by atoms with Crippen LogP contribution in [-0.4, -0.2) is 16.0 Å². The number of aliphatic hydroxyl groups excluding tert-OH is 1. The standard InChI is InChI=1S/C19H29BrO/c1-18-9-4-3-5-12(18)6-7-13-14(18)8-10-19(2)15(13)11-16(20)17(19)21/h6,13-17,21H,3-5,7-11H2,1-2H3/t13-,14+,15+,16-,17+,18+,19+/m1/s1. The molecule has 118 valence electrons. The van der Waals surface area contributed by atoms with Crippen molar-refractivity contribution in [1.29, 1.82) is 0 Å². The predicted octanol–water partition coefficient (Wildman–Crippen LogP) is 5.07. The van der Waals surface area contributed by atoms with E-state index < -0.39 is 0 Å². The Bertz CT molecular complexity index is 472. The molecule has 0 radical (unpaired) electrons. The normalized spacial score (nSPS) is 56.2. The van der Waals surface area contributed by atoms with Crippen molar-refractivity contribution in [3.8, 4) is 0 Å². The molecular formula is C19H29BrO. The first kappa shape index (κ1) is 14.8. The van der Waals surface area contributed by atoms with Crippen LogP contribution < -0.4 is 0 Å². The van der Waals surface area contributed by atoms with Gasteiger partial charge in [-0.2, -0.15) is 0 Å². The molecule has 7 atom stereocenters. The minimum absolute atomic E-state index is 0.145. The molecule has 0 spiro atoms. The van der Waals surface area contributed by atoms with Crippen LogP contribution >= 0.6 is 15.9 Å². The SMILES string of the molecule is C[C@]12CC[C@H]3[C@@H](CC=C4CCCC[C@@]43C)[C@@H]1C[C@@H](Br)[C@@H]2O. The Morgan fingerprint density at radius 2 is 2.00 bits per heavy atom. The maximum absolute atomic E-state index is 10.7. The van der Waals surface area contributed by atoms with Crippen molar-refractivity contribution < 1.29 is 5.11 Å². The van der Waals surface area contributed by atoms with E-state index in [2.05, 4.69) is 35.9 Å². The first-order valence-corrected chi connectivity index (χ1v) is 9.90. The van der Waals surface area contributed by atoms with Gasteiger partial charge in [-0.05, 0) is 73.5 Å². The van der Waals surface area contributed by atoms with Gasteiger partial charge in [-0.1, -0.05) is 47.8 Å². The van der Waals surface area contributed by atoms with Crippen LogP contribution in [-0.2, 0) is 0 Å². The van der Waals surface area contributed by atoms with Crippen LogP contribution in [0.15, 0.2) is 11.6 Å². The summed E-state index contributed by atoms with van der Waals surface area (Å²) in [5.74, 6) is 2.40. The fourth-order valence-corrected chi connectivity index (χ4v) is 7.65. The number of alkyl halides is 1. The number of hydrogen-bond donors (Lipinski definition) is 1. The molecule has 1 N–H and O–H groups in total. The molecule has 4 rings (SSSR count). The first-order chi connectivity index (χ1) is 9.97. The van der Waals surface area contributed by atoms with Gasteiger partial charge in [0, 0.05) is 4.83 Å². The average molecular weight is 353 g/mol. The lowest BCUT2D eigenvalue weighted by Crippen LogP contribution is -2.50. The average Bonchev–Trinajstić information content (AvgIpc) is 2.70. The molecule has 0 aliphatic heterocycles. The molecule has 2 heteroatoms. The highest BCUT2D eigenvalue weighted by atomic mass is 79.9. The van der Waals surface area contributed by atoms with Gasteiger partial charge < -0.3 is 5.11 Å². The second kappa shape index (κ2) is 4.84. The van der Waals surface area contributed by atoms with E-state index in [4.69, 9.17) is 0 Å². The maximum Gasteiger partial charge on any atom is 0.0721 e. The summed E-state index contributed by atoms with van der Waals surface area (Å²) in [4.78, 5) is 0.316. The van der Waals surface area contributed by atoms with Gasteiger partial charge in [0.05, 0.1) is 6.10 Å².